The molecule has 0 bridgehead atoms. The van der Waals surface area contributed by atoms with E-state index in [1.165, 1.54) is 6.07 Å². The highest BCUT2D eigenvalue weighted by molar-refractivity contribution is 5.67. The lowest BCUT2D eigenvalue weighted by Gasteiger charge is -2.22. The van der Waals surface area contributed by atoms with Crippen LogP contribution in [0.15, 0.2) is 73.3 Å². The molecule has 1 unspecified atom stereocenters. The fraction of sp³-hybridized carbons (Fsp3) is 0.312. The zero-order chi connectivity index (χ0) is 26.2. The van der Waals surface area contributed by atoms with E-state index in [4.69, 9.17) is 9.47 Å². The van der Waals surface area contributed by atoms with Gasteiger partial charge in [-0.3, -0.25) is 0 Å². The molecule has 3 aromatic rings. The molecule has 1 aliphatic rings. The van der Waals surface area contributed by atoms with Crippen LogP contribution in [0.5, 0.6) is 5.75 Å². The summed E-state index contributed by atoms with van der Waals surface area (Å²) >= 11 is 0. The SMILES string of the molecule is C=CCCOc1ccc(-c2ccc(CCc3ccc(C4=CCC(OCC)CC4)c(F)c3F)cc2)c(F)c1. The Morgan fingerprint density at radius 1 is 0.946 bits per heavy atom. The van der Waals surface area contributed by atoms with E-state index < -0.39 is 11.6 Å². The van der Waals surface area contributed by atoms with Gasteiger partial charge in [-0.2, -0.15) is 0 Å². The molecule has 0 amide bonds. The number of aryl methyl sites for hydroxylation is 2. The lowest BCUT2D eigenvalue weighted by atomic mass is 9.90. The summed E-state index contributed by atoms with van der Waals surface area (Å²) in [6.45, 7) is 6.71. The van der Waals surface area contributed by atoms with Gasteiger partial charge in [0.25, 0.3) is 0 Å². The predicted octanol–water partition coefficient (Wildman–Crippen LogP) is 8.48. The first-order chi connectivity index (χ1) is 18.0. The summed E-state index contributed by atoms with van der Waals surface area (Å²) in [5.41, 5.74) is 3.74. The molecule has 0 radical (unpaired) electrons. The van der Waals surface area contributed by atoms with Crippen LogP contribution >= 0.6 is 0 Å². The quantitative estimate of drug-likeness (QED) is 0.192. The molecular weight excluding hydrogens is 473 g/mol. The molecule has 4 rings (SSSR count). The summed E-state index contributed by atoms with van der Waals surface area (Å²) in [6.07, 6.45) is 7.71. The molecular formula is C32H33F3O2. The average molecular weight is 507 g/mol. The minimum absolute atomic E-state index is 0.157. The van der Waals surface area contributed by atoms with Crippen molar-refractivity contribution in [2.45, 2.75) is 51.6 Å². The molecule has 1 aliphatic carbocycles. The van der Waals surface area contributed by atoms with Gasteiger partial charge in [0.2, 0.25) is 0 Å². The highest BCUT2D eigenvalue weighted by atomic mass is 19.2. The van der Waals surface area contributed by atoms with Crippen LogP contribution in [0.25, 0.3) is 16.7 Å². The number of hydrogen-bond donors (Lipinski definition) is 0. The van der Waals surface area contributed by atoms with Crippen LogP contribution < -0.4 is 4.74 Å². The molecule has 0 fully saturated rings. The molecule has 0 saturated carbocycles. The monoisotopic (exact) mass is 506 g/mol. The summed E-state index contributed by atoms with van der Waals surface area (Å²) in [6, 6.07) is 15.7. The number of rotatable bonds is 11. The second-order valence-electron chi connectivity index (χ2n) is 9.25. The van der Waals surface area contributed by atoms with Crippen molar-refractivity contribution in [3.63, 3.8) is 0 Å². The van der Waals surface area contributed by atoms with E-state index in [1.54, 1.807) is 30.3 Å². The van der Waals surface area contributed by atoms with Crippen molar-refractivity contribution in [1.82, 2.24) is 0 Å². The van der Waals surface area contributed by atoms with E-state index in [9.17, 15) is 13.2 Å². The topological polar surface area (TPSA) is 18.5 Å². The van der Waals surface area contributed by atoms with E-state index in [0.29, 0.717) is 61.3 Å². The van der Waals surface area contributed by atoms with Crippen molar-refractivity contribution >= 4 is 5.57 Å². The van der Waals surface area contributed by atoms with Gasteiger partial charge in [0.05, 0.1) is 12.7 Å². The van der Waals surface area contributed by atoms with Gasteiger partial charge in [-0.05, 0) is 79.8 Å². The molecule has 5 heteroatoms. The van der Waals surface area contributed by atoms with Crippen molar-refractivity contribution in [2.24, 2.45) is 0 Å². The molecule has 0 saturated heterocycles. The molecule has 0 heterocycles. The van der Waals surface area contributed by atoms with Crippen molar-refractivity contribution < 1.29 is 22.6 Å². The van der Waals surface area contributed by atoms with Gasteiger partial charge in [0, 0.05) is 23.8 Å². The van der Waals surface area contributed by atoms with Crippen LogP contribution in [0.1, 0.15) is 49.3 Å². The van der Waals surface area contributed by atoms with Gasteiger partial charge in [0.1, 0.15) is 11.6 Å². The highest BCUT2D eigenvalue weighted by Crippen LogP contribution is 2.32. The number of benzene rings is 3. The molecule has 194 valence electrons. The Balaban J connectivity index is 1.39. The van der Waals surface area contributed by atoms with E-state index >= 15 is 0 Å². The van der Waals surface area contributed by atoms with Crippen molar-refractivity contribution in [3.8, 4) is 16.9 Å². The summed E-state index contributed by atoms with van der Waals surface area (Å²) in [7, 11) is 0. The second kappa shape index (κ2) is 12.8. The smallest absolute Gasteiger partial charge is 0.166 e. The average Bonchev–Trinajstić information content (AvgIpc) is 2.91. The standard InChI is InChI=1S/C32H33F3O2/c1-3-5-20-37-27-17-19-28(30(33)21-27)23-9-6-22(7-10-23)8-11-25-14-18-29(32(35)31(25)34)24-12-15-26(16-13-24)36-4-2/h3,6-7,9-10,12,14,17-19,21,26H,1,4-5,8,11,13,15-16,20H2,2H3. The predicted molar refractivity (Wildman–Crippen MR) is 143 cm³/mol. The summed E-state index contributed by atoms with van der Waals surface area (Å²) in [5, 5.41) is 0. The maximum atomic E-state index is 14.9. The Morgan fingerprint density at radius 2 is 1.73 bits per heavy atom. The van der Waals surface area contributed by atoms with E-state index in [1.807, 2.05) is 37.3 Å². The van der Waals surface area contributed by atoms with Crippen LogP contribution in [0.2, 0.25) is 0 Å². The third kappa shape index (κ3) is 6.72. The number of ether oxygens (including phenoxy) is 2. The second-order valence-corrected chi connectivity index (χ2v) is 9.25. The van der Waals surface area contributed by atoms with E-state index in [-0.39, 0.29) is 11.9 Å². The van der Waals surface area contributed by atoms with Crippen LogP contribution in [0.4, 0.5) is 13.2 Å². The van der Waals surface area contributed by atoms with Crippen LogP contribution in [-0.4, -0.2) is 19.3 Å². The van der Waals surface area contributed by atoms with Gasteiger partial charge in [-0.15, -0.1) is 6.58 Å². The molecule has 1 atom stereocenters. The maximum absolute atomic E-state index is 14.9. The number of halogens is 3. The van der Waals surface area contributed by atoms with Crippen molar-refractivity contribution in [1.29, 1.82) is 0 Å². The maximum Gasteiger partial charge on any atom is 0.166 e. The minimum atomic E-state index is -0.778. The lowest BCUT2D eigenvalue weighted by molar-refractivity contribution is 0.0579. The van der Waals surface area contributed by atoms with E-state index in [0.717, 1.165) is 29.5 Å². The Bertz CT molecular complexity index is 1250. The largest absolute Gasteiger partial charge is 0.493 e. The third-order valence-electron chi connectivity index (χ3n) is 6.75. The molecule has 0 aliphatic heterocycles. The first kappa shape index (κ1) is 26.7. The van der Waals surface area contributed by atoms with Crippen LogP contribution in [-0.2, 0) is 17.6 Å². The lowest BCUT2D eigenvalue weighted by Crippen LogP contribution is -2.16. The summed E-state index contributed by atoms with van der Waals surface area (Å²) in [4.78, 5) is 0. The molecule has 37 heavy (non-hydrogen) atoms. The molecule has 0 N–H and O–H groups in total. The normalized spacial score (nSPS) is 15.4. The molecule has 0 aromatic heterocycles. The highest BCUT2D eigenvalue weighted by Gasteiger charge is 2.20. The Morgan fingerprint density at radius 3 is 2.41 bits per heavy atom. The Hall–Kier alpha value is -3.31. The van der Waals surface area contributed by atoms with E-state index in [2.05, 4.69) is 6.58 Å². The summed E-state index contributed by atoms with van der Waals surface area (Å²) < 4.78 is 55.6. The van der Waals surface area contributed by atoms with Gasteiger partial charge < -0.3 is 9.47 Å². The molecule has 2 nitrogen and oxygen atoms in total. The Kier molecular flexibility index (Phi) is 9.24. The van der Waals surface area contributed by atoms with Gasteiger partial charge in [0.15, 0.2) is 11.6 Å². The zero-order valence-electron chi connectivity index (χ0n) is 21.2. The Labute approximate surface area is 217 Å². The third-order valence-corrected chi connectivity index (χ3v) is 6.75. The number of hydrogen-bond acceptors (Lipinski definition) is 2. The first-order valence-corrected chi connectivity index (χ1v) is 12.9. The van der Waals surface area contributed by atoms with Gasteiger partial charge >= 0.3 is 0 Å². The van der Waals surface area contributed by atoms with Crippen LogP contribution in [0.3, 0.4) is 0 Å². The van der Waals surface area contributed by atoms with Gasteiger partial charge in [-0.1, -0.05) is 48.6 Å². The fourth-order valence-corrected chi connectivity index (χ4v) is 4.68. The molecule has 0 spiro atoms. The van der Waals surface area contributed by atoms with Crippen molar-refractivity contribution in [3.05, 3.63) is 107 Å². The van der Waals surface area contributed by atoms with Crippen molar-refractivity contribution in [2.75, 3.05) is 13.2 Å². The van der Waals surface area contributed by atoms with Crippen LogP contribution in [0, 0.1) is 17.5 Å². The van der Waals surface area contributed by atoms with Gasteiger partial charge in [-0.25, -0.2) is 13.2 Å². The fourth-order valence-electron chi connectivity index (χ4n) is 4.68. The number of allylic oxidation sites excluding steroid dienone is 1. The minimum Gasteiger partial charge on any atom is -0.493 e. The first-order valence-electron chi connectivity index (χ1n) is 12.9. The molecule has 3 aromatic carbocycles. The zero-order valence-corrected chi connectivity index (χ0v) is 21.2. The summed E-state index contributed by atoms with van der Waals surface area (Å²) in [5.74, 6) is -1.43.